The molecule has 0 saturated carbocycles. The number of likely N-dealkylation sites (tertiary alicyclic amines) is 1. The van der Waals surface area contributed by atoms with Gasteiger partial charge in [0.2, 0.25) is 17.7 Å². The molecule has 1 aliphatic heterocycles. The van der Waals surface area contributed by atoms with Crippen molar-refractivity contribution in [2.24, 2.45) is 5.92 Å². The first-order chi connectivity index (χ1) is 13.9. The van der Waals surface area contributed by atoms with Crippen molar-refractivity contribution < 1.29 is 23.9 Å². The van der Waals surface area contributed by atoms with Crippen LogP contribution in [0.4, 0.5) is 16.2 Å². The molecule has 1 unspecified atom stereocenters. The average Bonchev–Trinajstić information content (AvgIpc) is 3.02. The molecule has 1 saturated heterocycles. The Morgan fingerprint density at radius 3 is 2.17 bits per heavy atom. The first-order valence-electron chi connectivity index (χ1n) is 9.91. The van der Waals surface area contributed by atoms with E-state index in [2.05, 4.69) is 16.0 Å². The molecule has 1 aromatic carbocycles. The van der Waals surface area contributed by atoms with Gasteiger partial charge in [-0.15, -0.1) is 0 Å². The van der Waals surface area contributed by atoms with E-state index in [1.165, 1.54) is 0 Å². The van der Waals surface area contributed by atoms with Gasteiger partial charge in [-0.1, -0.05) is 0 Å². The number of carbonyl (C=O) groups excluding carboxylic acids is 4. The molecule has 9 heteroatoms. The Morgan fingerprint density at radius 1 is 1.10 bits per heavy atom. The lowest BCUT2D eigenvalue weighted by Gasteiger charge is -2.20. The maximum Gasteiger partial charge on any atom is 0.408 e. The molecule has 164 valence electrons. The number of anilines is 2. The summed E-state index contributed by atoms with van der Waals surface area (Å²) in [5.41, 5.74) is 0.450. The zero-order valence-corrected chi connectivity index (χ0v) is 18.1. The highest BCUT2D eigenvalue weighted by Gasteiger charge is 2.35. The Hall–Kier alpha value is -3.10. The molecule has 1 aliphatic rings. The van der Waals surface area contributed by atoms with Crippen molar-refractivity contribution in [3.05, 3.63) is 24.3 Å². The van der Waals surface area contributed by atoms with Crippen molar-refractivity contribution >= 4 is 35.2 Å². The second-order valence-corrected chi connectivity index (χ2v) is 8.51. The van der Waals surface area contributed by atoms with Crippen molar-refractivity contribution in [3.63, 3.8) is 0 Å². The van der Waals surface area contributed by atoms with Gasteiger partial charge >= 0.3 is 6.09 Å². The topological polar surface area (TPSA) is 117 Å². The molecule has 1 atom stereocenters. The SMILES string of the molecule is CC(C)N1CC(C(=O)Nc2ccc(NC(=O)CNC(=O)OC(C)(C)C)cc2)CC1=O. The van der Waals surface area contributed by atoms with Gasteiger partial charge in [0.05, 0.1) is 5.92 Å². The molecule has 0 aromatic heterocycles. The summed E-state index contributed by atoms with van der Waals surface area (Å²) in [6, 6.07) is 6.67. The fourth-order valence-corrected chi connectivity index (χ4v) is 2.96. The Bertz CT molecular complexity index is 799. The number of ether oxygens (including phenoxy) is 1. The molecule has 3 N–H and O–H groups in total. The third kappa shape index (κ3) is 7.06. The molecule has 1 heterocycles. The lowest BCUT2D eigenvalue weighted by Crippen LogP contribution is -2.37. The van der Waals surface area contributed by atoms with E-state index >= 15 is 0 Å². The van der Waals surface area contributed by atoms with Gasteiger partial charge in [-0.3, -0.25) is 14.4 Å². The van der Waals surface area contributed by atoms with Crippen LogP contribution in [0.2, 0.25) is 0 Å². The predicted molar refractivity (Wildman–Crippen MR) is 113 cm³/mol. The fraction of sp³-hybridized carbons (Fsp3) is 0.524. The second-order valence-electron chi connectivity index (χ2n) is 8.51. The number of benzene rings is 1. The van der Waals surface area contributed by atoms with E-state index in [1.807, 2.05) is 13.8 Å². The Labute approximate surface area is 176 Å². The molecule has 9 nitrogen and oxygen atoms in total. The smallest absolute Gasteiger partial charge is 0.408 e. The molecule has 0 radical (unpaired) electrons. The summed E-state index contributed by atoms with van der Waals surface area (Å²) in [4.78, 5) is 49.6. The molecule has 4 amide bonds. The van der Waals surface area contributed by atoms with Gasteiger partial charge in [0.25, 0.3) is 0 Å². The van der Waals surface area contributed by atoms with Crippen molar-refractivity contribution in [3.8, 4) is 0 Å². The van der Waals surface area contributed by atoms with Gasteiger partial charge in [0, 0.05) is 30.4 Å². The molecule has 30 heavy (non-hydrogen) atoms. The minimum Gasteiger partial charge on any atom is -0.444 e. The van der Waals surface area contributed by atoms with Crippen LogP contribution in [0.25, 0.3) is 0 Å². The van der Waals surface area contributed by atoms with Crippen molar-refractivity contribution in [2.45, 2.75) is 52.7 Å². The first kappa shape index (κ1) is 23.2. The van der Waals surface area contributed by atoms with E-state index in [1.54, 1.807) is 49.9 Å². The van der Waals surface area contributed by atoms with Crippen LogP contribution in [0.1, 0.15) is 41.0 Å². The molecule has 0 aliphatic carbocycles. The maximum atomic E-state index is 12.4. The Morgan fingerprint density at radius 2 is 1.67 bits per heavy atom. The van der Waals surface area contributed by atoms with E-state index < -0.39 is 17.6 Å². The lowest BCUT2D eigenvalue weighted by molar-refractivity contribution is -0.129. The number of nitrogens with zero attached hydrogens (tertiary/aromatic N) is 1. The highest BCUT2D eigenvalue weighted by atomic mass is 16.6. The summed E-state index contributed by atoms with van der Waals surface area (Å²) in [7, 11) is 0. The van der Waals surface area contributed by atoms with Crippen molar-refractivity contribution in [1.29, 1.82) is 0 Å². The lowest BCUT2D eigenvalue weighted by atomic mass is 10.1. The second kappa shape index (κ2) is 9.60. The molecule has 0 spiro atoms. The molecule has 1 fully saturated rings. The summed E-state index contributed by atoms with van der Waals surface area (Å²) in [5, 5.41) is 7.83. The number of rotatable bonds is 6. The molecular weight excluding hydrogens is 388 g/mol. The Kier molecular flexibility index (Phi) is 7.42. The molecule has 1 aromatic rings. The number of hydrogen-bond acceptors (Lipinski definition) is 5. The minimum atomic E-state index is -0.669. The van der Waals surface area contributed by atoms with Crippen LogP contribution in [0.3, 0.4) is 0 Å². The van der Waals surface area contributed by atoms with Gasteiger partial charge in [0.15, 0.2) is 0 Å². The summed E-state index contributed by atoms with van der Waals surface area (Å²) < 4.78 is 5.07. The van der Waals surface area contributed by atoms with E-state index in [9.17, 15) is 19.2 Å². The summed E-state index contributed by atoms with van der Waals surface area (Å²) in [6.07, 6.45) is -0.458. The zero-order chi connectivity index (χ0) is 22.5. The number of amides is 4. The minimum absolute atomic E-state index is 0.0109. The van der Waals surface area contributed by atoms with Gasteiger partial charge in [-0.2, -0.15) is 0 Å². The zero-order valence-electron chi connectivity index (χ0n) is 18.1. The number of alkyl carbamates (subject to hydrolysis) is 1. The van der Waals surface area contributed by atoms with Crippen LogP contribution in [0.15, 0.2) is 24.3 Å². The third-order valence-electron chi connectivity index (χ3n) is 4.38. The van der Waals surface area contributed by atoms with Gasteiger partial charge in [-0.05, 0) is 58.9 Å². The first-order valence-corrected chi connectivity index (χ1v) is 9.91. The number of nitrogens with one attached hydrogen (secondary N) is 3. The van der Waals surface area contributed by atoms with Gasteiger partial charge in [0.1, 0.15) is 12.1 Å². The summed E-state index contributed by atoms with van der Waals surface area (Å²) >= 11 is 0. The van der Waals surface area contributed by atoms with E-state index in [0.29, 0.717) is 17.9 Å². The summed E-state index contributed by atoms with van der Waals surface area (Å²) in [5.74, 6) is -0.998. The standard InChI is InChI=1S/C21H30N4O5/c1-13(2)25-12-14(10-18(25)27)19(28)24-16-8-6-15(7-9-16)23-17(26)11-22-20(29)30-21(3,4)5/h6-9,13-14H,10-12H2,1-5H3,(H,22,29)(H,23,26)(H,24,28). The third-order valence-corrected chi connectivity index (χ3v) is 4.38. The fourth-order valence-electron chi connectivity index (χ4n) is 2.96. The van der Waals surface area contributed by atoms with E-state index in [0.717, 1.165) is 0 Å². The normalized spacial score (nSPS) is 16.4. The van der Waals surface area contributed by atoms with E-state index in [4.69, 9.17) is 4.74 Å². The van der Waals surface area contributed by atoms with Gasteiger partial charge in [-0.25, -0.2) is 4.79 Å². The highest BCUT2D eigenvalue weighted by Crippen LogP contribution is 2.22. The average molecular weight is 418 g/mol. The quantitative estimate of drug-likeness (QED) is 0.656. The Balaban J connectivity index is 1.81. The molecular formula is C21H30N4O5. The van der Waals surface area contributed by atoms with Crippen LogP contribution in [-0.4, -0.2) is 53.4 Å². The van der Waals surface area contributed by atoms with Gasteiger partial charge < -0.3 is 25.6 Å². The summed E-state index contributed by atoms with van der Waals surface area (Å²) in [6.45, 7) is 9.24. The molecule has 2 rings (SSSR count). The largest absolute Gasteiger partial charge is 0.444 e. The number of hydrogen-bond donors (Lipinski definition) is 3. The van der Waals surface area contributed by atoms with E-state index in [-0.39, 0.29) is 36.7 Å². The predicted octanol–water partition coefficient (Wildman–Crippen LogP) is 2.35. The van der Waals surface area contributed by atoms with Crippen LogP contribution in [-0.2, 0) is 19.1 Å². The van der Waals surface area contributed by atoms with Crippen molar-refractivity contribution in [1.82, 2.24) is 10.2 Å². The monoisotopic (exact) mass is 418 g/mol. The maximum absolute atomic E-state index is 12.4. The van der Waals surface area contributed by atoms with Crippen LogP contribution in [0, 0.1) is 5.92 Å². The number of carbonyl (C=O) groups is 4. The van der Waals surface area contributed by atoms with Crippen LogP contribution < -0.4 is 16.0 Å². The highest BCUT2D eigenvalue weighted by molar-refractivity contribution is 5.98. The van der Waals surface area contributed by atoms with Crippen LogP contribution >= 0.6 is 0 Å². The van der Waals surface area contributed by atoms with Crippen molar-refractivity contribution in [2.75, 3.05) is 23.7 Å². The molecule has 0 bridgehead atoms. The van der Waals surface area contributed by atoms with Crippen LogP contribution in [0.5, 0.6) is 0 Å².